The van der Waals surface area contributed by atoms with Crippen molar-refractivity contribution in [1.29, 1.82) is 0 Å². The molecule has 168 valence electrons. The van der Waals surface area contributed by atoms with E-state index in [0.717, 1.165) is 55.1 Å². The Labute approximate surface area is 198 Å². The van der Waals surface area contributed by atoms with E-state index < -0.39 is 0 Å². The summed E-state index contributed by atoms with van der Waals surface area (Å²) in [6.07, 6.45) is 5.91. The van der Waals surface area contributed by atoms with Gasteiger partial charge in [0.05, 0.1) is 12.2 Å². The van der Waals surface area contributed by atoms with Gasteiger partial charge in [0.1, 0.15) is 5.82 Å². The molecule has 2 N–H and O–H groups in total. The number of thiophene rings is 1. The third-order valence-electron chi connectivity index (χ3n) is 5.95. The molecule has 1 fully saturated rings. The van der Waals surface area contributed by atoms with E-state index >= 15 is 0 Å². The van der Waals surface area contributed by atoms with Crippen LogP contribution in [0.2, 0.25) is 0 Å². The zero-order valence-corrected chi connectivity index (χ0v) is 19.3. The van der Waals surface area contributed by atoms with Crippen molar-refractivity contribution in [2.24, 2.45) is 0 Å². The van der Waals surface area contributed by atoms with Gasteiger partial charge in [-0.3, -0.25) is 9.88 Å². The van der Waals surface area contributed by atoms with Crippen LogP contribution in [-0.2, 0) is 13.1 Å². The minimum Gasteiger partial charge on any atom is -0.367 e. The lowest BCUT2D eigenvalue weighted by molar-refractivity contribution is 0.211. The first-order valence-electron chi connectivity index (χ1n) is 11.4. The van der Waals surface area contributed by atoms with E-state index in [0.29, 0.717) is 18.5 Å². The molecule has 1 aromatic carbocycles. The molecule has 0 radical (unpaired) electrons. The molecule has 0 aliphatic carbocycles. The number of nitrogens with zero attached hydrogens (tertiary/aromatic N) is 4. The molecule has 0 bridgehead atoms. The Morgan fingerprint density at radius 1 is 0.970 bits per heavy atom. The van der Waals surface area contributed by atoms with Crippen molar-refractivity contribution in [2.75, 3.05) is 23.7 Å². The summed E-state index contributed by atoms with van der Waals surface area (Å²) in [6, 6.07) is 19.1. The minimum atomic E-state index is 0.396. The zero-order chi connectivity index (χ0) is 22.3. The van der Waals surface area contributed by atoms with Crippen LogP contribution in [0.3, 0.4) is 0 Å². The van der Waals surface area contributed by atoms with E-state index in [2.05, 4.69) is 72.7 Å². The lowest BCUT2D eigenvalue weighted by Crippen LogP contribution is -2.38. The molecule has 6 nitrogen and oxygen atoms in total. The van der Waals surface area contributed by atoms with Crippen molar-refractivity contribution >= 4 is 23.1 Å². The molecule has 3 aromatic heterocycles. The summed E-state index contributed by atoms with van der Waals surface area (Å²) in [6.45, 7) is 3.77. The maximum absolute atomic E-state index is 4.85. The Morgan fingerprint density at radius 3 is 2.58 bits per heavy atom. The van der Waals surface area contributed by atoms with Crippen LogP contribution in [0.5, 0.6) is 0 Å². The van der Waals surface area contributed by atoms with Crippen LogP contribution in [0.25, 0.3) is 11.1 Å². The minimum absolute atomic E-state index is 0.396. The standard InChI is InChI=1S/C26H28N6S/c1-2-6-20(7-3-1)18-32-13-9-22(10-14-32)30-25-24(21-11-15-33-19-21)17-29-26(31-25)28-16-23-8-4-5-12-27-23/h1-8,11-12,15,17,19,22H,9-10,13-14,16,18H2,(H2,28,29,30,31). The smallest absolute Gasteiger partial charge is 0.224 e. The van der Waals surface area contributed by atoms with Gasteiger partial charge < -0.3 is 10.6 Å². The van der Waals surface area contributed by atoms with Crippen molar-refractivity contribution in [3.63, 3.8) is 0 Å². The van der Waals surface area contributed by atoms with Gasteiger partial charge >= 0.3 is 0 Å². The summed E-state index contributed by atoms with van der Waals surface area (Å²) in [7, 11) is 0. The van der Waals surface area contributed by atoms with Crippen molar-refractivity contribution in [2.45, 2.75) is 32.0 Å². The zero-order valence-electron chi connectivity index (χ0n) is 18.5. The quantitative estimate of drug-likeness (QED) is 0.376. The number of benzene rings is 1. The van der Waals surface area contributed by atoms with Crippen LogP contribution in [0.15, 0.2) is 77.8 Å². The number of likely N-dealkylation sites (tertiary alicyclic amines) is 1. The van der Waals surface area contributed by atoms with E-state index in [1.807, 2.05) is 24.4 Å². The SMILES string of the molecule is c1ccc(CN2CCC(Nc3nc(NCc4ccccn4)ncc3-c3ccsc3)CC2)cc1. The van der Waals surface area contributed by atoms with Crippen molar-refractivity contribution in [3.8, 4) is 11.1 Å². The largest absolute Gasteiger partial charge is 0.367 e. The Balaban J connectivity index is 1.26. The number of aromatic nitrogens is 3. The molecule has 7 heteroatoms. The lowest BCUT2D eigenvalue weighted by atomic mass is 10.0. The fourth-order valence-electron chi connectivity index (χ4n) is 4.15. The van der Waals surface area contributed by atoms with E-state index in [-0.39, 0.29) is 0 Å². The van der Waals surface area contributed by atoms with Gasteiger partial charge in [-0.05, 0) is 52.9 Å². The maximum atomic E-state index is 4.85. The van der Waals surface area contributed by atoms with Gasteiger partial charge in [-0.15, -0.1) is 0 Å². The van der Waals surface area contributed by atoms with Crippen LogP contribution in [-0.4, -0.2) is 39.0 Å². The predicted octanol–water partition coefficient (Wildman–Crippen LogP) is 5.29. The average molecular weight is 457 g/mol. The molecule has 1 aliphatic heterocycles. The van der Waals surface area contributed by atoms with Gasteiger partial charge in [0.2, 0.25) is 5.95 Å². The number of rotatable bonds is 8. The van der Waals surface area contributed by atoms with Gasteiger partial charge in [-0.1, -0.05) is 36.4 Å². The first-order chi connectivity index (χ1) is 16.3. The first kappa shape index (κ1) is 21.6. The molecule has 1 saturated heterocycles. The Bertz CT molecular complexity index is 1130. The summed E-state index contributed by atoms with van der Waals surface area (Å²) in [4.78, 5) is 16.3. The monoisotopic (exact) mass is 456 g/mol. The molecular formula is C26H28N6S. The fourth-order valence-corrected chi connectivity index (χ4v) is 4.80. The second-order valence-corrected chi connectivity index (χ2v) is 9.10. The van der Waals surface area contributed by atoms with Crippen LogP contribution in [0.1, 0.15) is 24.1 Å². The summed E-state index contributed by atoms with van der Waals surface area (Å²) in [5, 5.41) is 11.3. The van der Waals surface area contributed by atoms with Crippen molar-refractivity contribution in [3.05, 3.63) is 89.0 Å². The van der Waals surface area contributed by atoms with Gasteiger partial charge in [0.15, 0.2) is 0 Å². The summed E-state index contributed by atoms with van der Waals surface area (Å²) >= 11 is 1.69. The van der Waals surface area contributed by atoms with Gasteiger partial charge in [0.25, 0.3) is 0 Å². The molecule has 0 saturated carbocycles. The van der Waals surface area contributed by atoms with E-state index in [1.165, 1.54) is 5.56 Å². The van der Waals surface area contributed by atoms with E-state index in [9.17, 15) is 0 Å². The van der Waals surface area contributed by atoms with Crippen LogP contribution in [0, 0.1) is 0 Å². The van der Waals surface area contributed by atoms with Crippen molar-refractivity contribution < 1.29 is 0 Å². The molecule has 33 heavy (non-hydrogen) atoms. The van der Waals surface area contributed by atoms with Crippen LogP contribution < -0.4 is 10.6 Å². The molecule has 0 amide bonds. The van der Waals surface area contributed by atoms with Gasteiger partial charge in [-0.2, -0.15) is 16.3 Å². The predicted molar refractivity (Wildman–Crippen MR) is 135 cm³/mol. The summed E-state index contributed by atoms with van der Waals surface area (Å²) < 4.78 is 0. The van der Waals surface area contributed by atoms with E-state index in [4.69, 9.17) is 4.98 Å². The molecule has 0 spiro atoms. The number of hydrogen-bond donors (Lipinski definition) is 2. The average Bonchev–Trinajstić information content (AvgIpc) is 3.40. The lowest BCUT2D eigenvalue weighted by Gasteiger charge is -2.33. The third-order valence-corrected chi connectivity index (χ3v) is 6.64. The van der Waals surface area contributed by atoms with Crippen molar-refractivity contribution in [1.82, 2.24) is 19.9 Å². The molecule has 1 aliphatic rings. The van der Waals surface area contributed by atoms with Crippen LogP contribution >= 0.6 is 11.3 Å². The molecule has 5 rings (SSSR count). The van der Waals surface area contributed by atoms with E-state index in [1.54, 1.807) is 17.5 Å². The second-order valence-electron chi connectivity index (χ2n) is 8.32. The number of nitrogens with one attached hydrogen (secondary N) is 2. The molecule has 0 atom stereocenters. The Morgan fingerprint density at radius 2 is 1.82 bits per heavy atom. The third kappa shape index (κ3) is 5.74. The highest BCUT2D eigenvalue weighted by Gasteiger charge is 2.21. The number of pyridine rings is 1. The highest BCUT2D eigenvalue weighted by Crippen LogP contribution is 2.30. The highest BCUT2D eigenvalue weighted by molar-refractivity contribution is 7.08. The molecular weight excluding hydrogens is 428 g/mol. The topological polar surface area (TPSA) is 66.0 Å². The Hall–Kier alpha value is -3.29. The Kier molecular flexibility index (Phi) is 6.89. The summed E-state index contributed by atoms with van der Waals surface area (Å²) in [5.74, 6) is 1.51. The second kappa shape index (κ2) is 10.6. The number of hydrogen-bond acceptors (Lipinski definition) is 7. The van der Waals surface area contributed by atoms with Crippen LogP contribution in [0.4, 0.5) is 11.8 Å². The number of anilines is 2. The van der Waals surface area contributed by atoms with Gasteiger partial charge in [-0.25, -0.2) is 4.98 Å². The fraction of sp³-hybridized carbons (Fsp3) is 0.269. The summed E-state index contributed by atoms with van der Waals surface area (Å²) in [5.41, 5.74) is 4.54. The first-order valence-corrected chi connectivity index (χ1v) is 12.3. The maximum Gasteiger partial charge on any atom is 0.224 e. The molecule has 4 aromatic rings. The van der Waals surface area contributed by atoms with Gasteiger partial charge in [0, 0.05) is 43.6 Å². The number of piperidine rings is 1. The molecule has 4 heterocycles. The molecule has 0 unspecified atom stereocenters. The highest BCUT2D eigenvalue weighted by atomic mass is 32.1. The normalized spacial score (nSPS) is 14.8.